The second-order valence-electron chi connectivity index (χ2n) is 1.39. The van der Waals surface area contributed by atoms with Gasteiger partial charge in [0.2, 0.25) is 0 Å². The molecule has 0 saturated heterocycles. The van der Waals surface area contributed by atoms with Gasteiger partial charge in [0.15, 0.2) is 10.8 Å². The number of rotatable bonds is 1. The number of aromatic nitrogens is 1. The van der Waals surface area contributed by atoms with E-state index in [1.807, 2.05) is 0 Å². The summed E-state index contributed by atoms with van der Waals surface area (Å²) in [7, 11) is 0. The van der Waals surface area contributed by atoms with Crippen molar-refractivity contribution >= 4 is 17.1 Å². The molecule has 0 bridgehead atoms. The lowest BCUT2D eigenvalue weighted by molar-refractivity contribution is 0.101. The summed E-state index contributed by atoms with van der Waals surface area (Å²) >= 11 is 1.37. The predicted molar refractivity (Wildman–Crippen MR) is 38.8 cm³/mol. The molecule has 9 heavy (non-hydrogen) atoms. The molecule has 0 amide bonds. The number of hydrogen-bond acceptors (Lipinski definition) is 3. The lowest BCUT2D eigenvalue weighted by Gasteiger charge is -1.78. The fourth-order valence-corrected chi connectivity index (χ4v) is 0.936. The minimum Gasteiger partial charge on any atom is -0.292 e. The summed E-state index contributed by atoms with van der Waals surface area (Å²) in [6, 6.07) is 0. The van der Waals surface area contributed by atoms with Crippen molar-refractivity contribution in [2.45, 2.75) is 14.4 Å². The highest BCUT2D eigenvalue weighted by Gasteiger charge is 1.97. The molecule has 0 N–H and O–H groups in total. The van der Waals surface area contributed by atoms with Crippen molar-refractivity contribution in [3.05, 3.63) is 16.6 Å². The van der Waals surface area contributed by atoms with Crippen LogP contribution in [-0.4, -0.2) is 10.8 Å². The quantitative estimate of drug-likeness (QED) is 0.563. The van der Waals surface area contributed by atoms with E-state index in [-0.39, 0.29) is 13.2 Å². The van der Waals surface area contributed by atoms with Crippen molar-refractivity contribution in [1.29, 1.82) is 0 Å². The number of ketones is 1. The van der Waals surface area contributed by atoms with E-state index in [4.69, 9.17) is 0 Å². The van der Waals surface area contributed by atoms with E-state index >= 15 is 0 Å². The fraction of sp³-hybridized carbons (Fsp3) is 0.333. The maximum Gasteiger partial charge on any atom is 0.188 e. The molecule has 0 spiro atoms. The molecule has 0 unspecified atom stereocenters. The molecule has 1 aromatic rings. The van der Waals surface area contributed by atoms with E-state index < -0.39 is 0 Å². The molecule has 1 rings (SSSR count). The molecule has 2 nitrogen and oxygen atoms in total. The van der Waals surface area contributed by atoms with Gasteiger partial charge in [0.05, 0.1) is 0 Å². The van der Waals surface area contributed by atoms with E-state index in [0.717, 1.165) is 0 Å². The Labute approximate surface area is 58.6 Å². The van der Waals surface area contributed by atoms with Crippen molar-refractivity contribution in [2.75, 3.05) is 0 Å². The van der Waals surface area contributed by atoms with E-state index in [2.05, 4.69) is 4.98 Å². The third-order valence-electron chi connectivity index (χ3n) is 0.733. The zero-order chi connectivity index (χ0) is 5.98. The molecule has 3 heteroatoms. The Morgan fingerprint density at radius 1 is 1.78 bits per heavy atom. The highest BCUT2D eigenvalue weighted by Crippen LogP contribution is 2.02. The maximum atomic E-state index is 10.5. The average Bonchev–Trinajstić information content (AvgIpc) is 2.12. The van der Waals surface area contributed by atoms with Gasteiger partial charge in [0.25, 0.3) is 0 Å². The van der Waals surface area contributed by atoms with Crippen LogP contribution in [0.1, 0.15) is 24.2 Å². The first-order valence-electron chi connectivity index (χ1n) is 2.21. The highest BCUT2D eigenvalue weighted by molar-refractivity contribution is 7.11. The zero-order valence-corrected chi connectivity index (χ0v) is 5.23. The van der Waals surface area contributed by atoms with Gasteiger partial charge in [-0.15, -0.1) is 11.3 Å². The fourth-order valence-electron chi connectivity index (χ4n) is 0.397. The molecule has 1 heterocycles. The zero-order valence-electron chi connectivity index (χ0n) is 4.42. The van der Waals surface area contributed by atoms with E-state index in [9.17, 15) is 4.79 Å². The van der Waals surface area contributed by atoms with Gasteiger partial charge in [-0.25, -0.2) is 4.98 Å². The van der Waals surface area contributed by atoms with Gasteiger partial charge in [-0.2, -0.15) is 0 Å². The Morgan fingerprint density at radius 2 is 2.44 bits per heavy atom. The number of carbonyl (C=O) groups is 1. The number of thiazole rings is 1. The van der Waals surface area contributed by atoms with Crippen molar-refractivity contribution in [1.82, 2.24) is 4.98 Å². The van der Waals surface area contributed by atoms with Crippen LogP contribution in [0.3, 0.4) is 0 Å². The van der Waals surface area contributed by atoms with Gasteiger partial charge in [-0.05, 0) is 0 Å². The minimum atomic E-state index is 0. The first-order chi connectivity index (χ1) is 3.80. The number of hydrogen-bond donors (Lipinski definition) is 0. The van der Waals surface area contributed by atoms with Crippen molar-refractivity contribution in [3.8, 4) is 0 Å². The van der Waals surface area contributed by atoms with Crippen LogP contribution >= 0.6 is 11.3 Å². The van der Waals surface area contributed by atoms with Gasteiger partial charge in [0, 0.05) is 18.5 Å². The average molecular weight is 143 g/mol. The Kier molecular flexibility index (Phi) is 3.09. The molecule has 0 radical (unpaired) electrons. The van der Waals surface area contributed by atoms with Crippen LogP contribution in [0, 0.1) is 0 Å². The van der Waals surface area contributed by atoms with Crippen LogP contribution in [0.2, 0.25) is 0 Å². The predicted octanol–water partition coefficient (Wildman–Crippen LogP) is 1.98. The van der Waals surface area contributed by atoms with Gasteiger partial charge < -0.3 is 0 Å². The van der Waals surface area contributed by atoms with Crippen LogP contribution in [0.5, 0.6) is 0 Å². The number of Topliss-reactive ketones (excluding diaryl/α,β-unsaturated/α-hetero) is 1. The lowest BCUT2D eigenvalue weighted by atomic mass is 10.5. The normalized spacial score (nSPS) is 8.11. The molecule has 0 saturated carbocycles. The molecule has 0 aliphatic rings. The maximum absolute atomic E-state index is 10.5. The smallest absolute Gasteiger partial charge is 0.188 e. The Bertz CT molecular complexity index is 181. The summed E-state index contributed by atoms with van der Waals surface area (Å²) < 4.78 is 0. The topological polar surface area (TPSA) is 30.0 Å². The van der Waals surface area contributed by atoms with E-state index in [1.54, 1.807) is 11.6 Å². The van der Waals surface area contributed by atoms with Crippen LogP contribution in [-0.2, 0) is 0 Å². The van der Waals surface area contributed by atoms with Crippen LogP contribution < -0.4 is 0 Å². The molecule has 1 aromatic heterocycles. The van der Waals surface area contributed by atoms with Gasteiger partial charge in [-0.1, -0.05) is 7.43 Å². The first-order valence-corrected chi connectivity index (χ1v) is 3.09. The second kappa shape index (κ2) is 3.35. The molecule has 0 aliphatic carbocycles. The summed E-state index contributed by atoms with van der Waals surface area (Å²) in [6.07, 6.45) is 1.63. The summed E-state index contributed by atoms with van der Waals surface area (Å²) in [5.41, 5.74) is 0. The van der Waals surface area contributed by atoms with Crippen LogP contribution in [0.4, 0.5) is 0 Å². The Morgan fingerprint density at radius 3 is 2.67 bits per heavy atom. The first kappa shape index (κ1) is 8.30. The molecule has 0 atom stereocenters. The SMILES string of the molecule is C.CC(=O)c1nccs1. The largest absolute Gasteiger partial charge is 0.292 e. The Balaban J connectivity index is 0.000000640. The molecule has 0 fully saturated rings. The number of carbonyl (C=O) groups excluding carboxylic acids is 1. The van der Waals surface area contributed by atoms with Gasteiger partial charge >= 0.3 is 0 Å². The van der Waals surface area contributed by atoms with Gasteiger partial charge in [-0.3, -0.25) is 4.79 Å². The van der Waals surface area contributed by atoms with Crippen LogP contribution in [0.25, 0.3) is 0 Å². The van der Waals surface area contributed by atoms with Gasteiger partial charge in [0.1, 0.15) is 0 Å². The molecule has 50 valence electrons. The molecular weight excluding hydrogens is 134 g/mol. The standard InChI is InChI=1S/C5H5NOS.CH4/c1-4(7)5-6-2-3-8-5;/h2-3H,1H3;1H4. The minimum absolute atomic E-state index is 0. The summed E-state index contributed by atoms with van der Waals surface area (Å²) in [5.74, 6) is 0.0417. The third kappa shape index (κ3) is 1.93. The Hall–Kier alpha value is -0.700. The van der Waals surface area contributed by atoms with Crippen molar-refractivity contribution in [2.24, 2.45) is 0 Å². The lowest BCUT2D eigenvalue weighted by Crippen LogP contribution is -1.87. The summed E-state index contributed by atoms with van der Waals surface area (Å²) in [6.45, 7) is 1.51. The molecule has 0 aliphatic heterocycles. The van der Waals surface area contributed by atoms with Crippen LogP contribution in [0.15, 0.2) is 11.6 Å². The second-order valence-corrected chi connectivity index (χ2v) is 2.29. The summed E-state index contributed by atoms with van der Waals surface area (Å²) in [4.78, 5) is 14.2. The third-order valence-corrected chi connectivity index (χ3v) is 1.61. The molecule has 0 aromatic carbocycles. The van der Waals surface area contributed by atoms with Crippen molar-refractivity contribution in [3.63, 3.8) is 0 Å². The molecular formula is C6H9NOS. The highest BCUT2D eigenvalue weighted by atomic mass is 32.1. The number of nitrogens with zero attached hydrogens (tertiary/aromatic N) is 1. The summed E-state index contributed by atoms with van der Waals surface area (Å²) in [5, 5.41) is 2.38. The van der Waals surface area contributed by atoms with E-state index in [1.165, 1.54) is 18.3 Å². The monoisotopic (exact) mass is 143 g/mol. The van der Waals surface area contributed by atoms with Crippen molar-refractivity contribution < 1.29 is 4.79 Å². The van der Waals surface area contributed by atoms with E-state index in [0.29, 0.717) is 5.01 Å².